The molecule has 0 aliphatic carbocycles. The Bertz CT molecular complexity index is 344. The highest BCUT2D eigenvalue weighted by atomic mass is 19.4. The molecule has 102 valence electrons. The Balaban J connectivity index is 2.50. The van der Waals surface area contributed by atoms with Crippen LogP contribution in [0.2, 0.25) is 0 Å². The predicted octanol–water partition coefficient (Wildman–Crippen LogP) is 3.69. The van der Waals surface area contributed by atoms with Crippen LogP contribution in [0.5, 0.6) is 5.75 Å². The van der Waals surface area contributed by atoms with Gasteiger partial charge in [0.2, 0.25) is 0 Å². The second-order valence-electron chi connectivity index (χ2n) is 4.03. The molecule has 0 heterocycles. The SMILES string of the molecule is CCC(NC)c1ccc(OCCC(F)(F)F)cc1. The molecule has 0 amide bonds. The molecule has 0 fully saturated rings. The first kappa shape index (κ1) is 14.8. The van der Waals surface area contributed by atoms with Crippen LogP contribution in [0.1, 0.15) is 31.4 Å². The molecule has 0 bridgehead atoms. The number of hydrogen-bond acceptors (Lipinski definition) is 2. The van der Waals surface area contributed by atoms with E-state index in [-0.39, 0.29) is 12.6 Å². The average molecular weight is 261 g/mol. The number of hydrogen-bond donors (Lipinski definition) is 1. The number of nitrogens with one attached hydrogen (secondary N) is 1. The minimum atomic E-state index is -4.17. The van der Waals surface area contributed by atoms with Crippen LogP contribution in [-0.4, -0.2) is 19.8 Å². The maximum absolute atomic E-state index is 11.9. The smallest absolute Gasteiger partial charge is 0.392 e. The Hall–Kier alpha value is -1.23. The number of benzene rings is 1. The molecule has 1 unspecified atom stereocenters. The highest BCUT2D eigenvalue weighted by Gasteiger charge is 2.26. The summed E-state index contributed by atoms with van der Waals surface area (Å²) in [6.07, 6.45) is -4.15. The van der Waals surface area contributed by atoms with Gasteiger partial charge in [-0.25, -0.2) is 0 Å². The molecule has 2 nitrogen and oxygen atoms in total. The van der Waals surface area contributed by atoms with E-state index in [1.54, 1.807) is 12.1 Å². The van der Waals surface area contributed by atoms with Gasteiger partial charge in [0.15, 0.2) is 0 Å². The fraction of sp³-hybridized carbons (Fsp3) is 0.538. The summed E-state index contributed by atoms with van der Waals surface area (Å²) in [5.41, 5.74) is 1.10. The van der Waals surface area contributed by atoms with Crippen LogP contribution in [0.25, 0.3) is 0 Å². The summed E-state index contributed by atoms with van der Waals surface area (Å²) in [5, 5.41) is 3.16. The third kappa shape index (κ3) is 4.96. The third-order valence-corrected chi connectivity index (χ3v) is 2.69. The van der Waals surface area contributed by atoms with Crippen molar-refractivity contribution in [3.8, 4) is 5.75 Å². The van der Waals surface area contributed by atoms with Crippen molar-refractivity contribution in [2.45, 2.75) is 32.0 Å². The topological polar surface area (TPSA) is 21.3 Å². The quantitative estimate of drug-likeness (QED) is 0.843. The van der Waals surface area contributed by atoms with Crippen LogP contribution in [0, 0.1) is 0 Å². The van der Waals surface area contributed by atoms with E-state index in [1.165, 1.54) is 0 Å². The van der Waals surface area contributed by atoms with Gasteiger partial charge in [0.05, 0.1) is 13.0 Å². The van der Waals surface area contributed by atoms with Crippen LogP contribution >= 0.6 is 0 Å². The van der Waals surface area contributed by atoms with Gasteiger partial charge in [0, 0.05) is 6.04 Å². The molecule has 0 aromatic heterocycles. The van der Waals surface area contributed by atoms with Crippen molar-refractivity contribution in [1.82, 2.24) is 5.32 Å². The van der Waals surface area contributed by atoms with E-state index in [0.717, 1.165) is 12.0 Å². The Kier molecular flexibility index (Phi) is 5.47. The molecule has 0 aliphatic heterocycles. The maximum atomic E-state index is 11.9. The molecule has 0 aliphatic rings. The number of rotatable bonds is 6. The van der Waals surface area contributed by atoms with Crippen molar-refractivity contribution in [2.24, 2.45) is 0 Å². The van der Waals surface area contributed by atoms with Crippen molar-refractivity contribution in [1.29, 1.82) is 0 Å². The lowest BCUT2D eigenvalue weighted by Gasteiger charge is -2.15. The van der Waals surface area contributed by atoms with Gasteiger partial charge in [0.1, 0.15) is 5.75 Å². The molecule has 0 saturated heterocycles. The summed E-state index contributed by atoms with van der Waals surface area (Å²) >= 11 is 0. The molecule has 5 heteroatoms. The summed E-state index contributed by atoms with van der Waals surface area (Å²) in [4.78, 5) is 0. The van der Waals surface area contributed by atoms with Gasteiger partial charge < -0.3 is 10.1 Å². The van der Waals surface area contributed by atoms with Crippen LogP contribution in [0.3, 0.4) is 0 Å². The monoisotopic (exact) mass is 261 g/mol. The van der Waals surface area contributed by atoms with Gasteiger partial charge >= 0.3 is 6.18 Å². The highest BCUT2D eigenvalue weighted by molar-refractivity contribution is 5.29. The predicted molar refractivity (Wildman–Crippen MR) is 64.7 cm³/mol. The summed E-state index contributed by atoms with van der Waals surface area (Å²) in [7, 11) is 1.88. The zero-order valence-corrected chi connectivity index (χ0v) is 10.6. The van der Waals surface area contributed by atoms with Crippen LogP contribution in [0.4, 0.5) is 13.2 Å². The lowest BCUT2D eigenvalue weighted by Crippen LogP contribution is -2.15. The van der Waals surface area contributed by atoms with Crippen molar-refractivity contribution in [3.05, 3.63) is 29.8 Å². The molecule has 18 heavy (non-hydrogen) atoms. The first-order valence-corrected chi connectivity index (χ1v) is 5.93. The first-order valence-electron chi connectivity index (χ1n) is 5.93. The van der Waals surface area contributed by atoms with Gasteiger partial charge in [-0.05, 0) is 31.2 Å². The molecule has 0 radical (unpaired) electrons. The number of ether oxygens (including phenoxy) is 1. The summed E-state index contributed by atoms with van der Waals surface area (Å²) in [6, 6.07) is 7.40. The standard InChI is InChI=1S/C13H18F3NO/c1-3-12(17-2)10-4-6-11(7-5-10)18-9-8-13(14,15)16/h4-7,12,17H,3,8-9H2,1-2H3. The van der Waals surface area contributed by atoms with Gasteiger partial charge in [-0.2, -0.15) is 13.2 Å². The lowest BCUT2D eigenvalue weighted by molar-refractivity contribution is -0.139. The Labute approximate surface area is 105 Å². The maximum Gasteiger partial charge on any atom is 0.392 e. The van der Waals surface area contributed by atoms with Crippen LogP contribution in [-0.2, 0) is 0 Å². The Morgan fingerprint density at radius 3 is 2.28 bits per heavy atom. The Morgan fingerprint density at radius 2 is 1.83 bits per heavy atom. The summed E-state index contributed by atoms with van der Waals surface area (Å²) in [5.74, 6) is 0.467. The molecule has 1 aromatic carbocycles. The second kappa shape index (κ2) is 6.64. The molecular formula is C13H18F3NO. The van der Waals surface area contributed by atoms with E-state index in [4.69, 9.17) is 4.74 Å². The van der Waals surface area contributed by atoms with Crippen molar-refractivity contribution >= 4 is 0 Å². The third-order valence-electron chi connectivity index (χ3n) is 2.69. The molecule has 1 rings (SSSR count). The summed E-state index contributed by atoms with van der Waals surface area (Å²) < 4.78 is 40.8. The van der Waals surface area contributed by atoms with E-state index in [1.807, 2.05) is 19.2 Å². The van der Waals surface area contributed by atoms with Crippen molar-refractivity contribution < 1.29 is 17.9 Å². The van der Waals surface area contributed by atoms with E-state index >= 15 is 0 Å². The van der Waals surface area contributed by atoms with E-state index < -0.39 is 12.6 Å². The van der Waals surface area contributed by atoms with Crippen molar-refractivity contribution in [3.63, 3.8) is 0 Å². The van der Waals surface area contributed by atoms with Gasteiger partial charge in [0.25, 0.3) is 0 Å². The van der Waals surface area contributed by atoms with Gasteiger partial charge in [-0.15, -0.1) is 0 Å². The molecule has 0 saturated carbocycles. The summed E-state index contributed by atoms with van der Waals surface area (Å²) in [6.45, 7) is 1.72. The zero-order valence-electron chi connectivity index (χ0n) is 10.6. The molecule has 0 spiro atoms. The van der Waals surface area contributed by atoms with Crippen LogP contribution in [0.15, 0.2) is 24.3 Å². The first-order chi connectivity index (χ1) is 8.46. The zero-order chi connectivity index (χ0) is 13.6. The lowest BCUT2D eigenvalue weighted by atomic mass is 10.1. The van der Waals surface area contributed by atoms with Crippen molar-refractivity contribution in [2.75, 3.05) is 13.7 Å². The van der Waals surface area contributed by atoms with Crippen LogP contribution < -0.4 is 10.1 Å². The van der Waals surface area contributed by atoms with Gasteiger partial charge in [-0.3, -0.25) is 0 Å². The fourth-order valence-electron chi connectivity index (χ4n) is 1.69. The molecule has 1 N–H and O–H groups in total. The molecule has 1 atom stereocenters. The minimum absolute atomic E-state index is 0.259. The van der Waals surface area contributed by atoms with Gasteiger partial charge in [-0.1, -0.05) is 19.1 Å². The normalized spacial score (nSPS) is 13.4. The number of halogens is 3. The average Bonchev–Trinajstić information content (AvgIpc) is 2.31. The molecular weight excluding hydrogens is 243 g/mol. The Morgan fingerprint density at radius 1 is 1.22 bits per heavy atom. The number of alkyl halides is 3. The fourth-order valence-corrected chi connectivity index (χ4v) is 1.69. The van der Waals surface area contributed by atoms with E-state index in [9.17, 15) is 13.2 Å². The largest absolute Gasteiger partial charge is 0.493 e. The minimum Gasteiger partial charge on any atom is -0.493 e. The highest BCUT2D eigenvalue weighted by Crippen LogP contribution is 2.22. The molecule has 1 aromatic rings. The van der Waals surface area contributed by atoms with E-state index in [0.29, 0.717) is 5.75 Å². The van der Waals surface area contributed by atoms with E-state index in [2.05, 4.69) is 12.2 Å². The second-order valence-corrected chi connectivity index (χ2v) is 4.03.